The summed E-state index contributed by atoms with van der Waals surface area (Å²) in [6.07, 6.45) is 0. The topological polar surface area (TPSA) is 99.1 Å². The number of anilines is 1. The van der Waals surface area contributed by atoms with Crippen LogP contribution in [0.5, 0.6) is 0 Å². The summed E-state index contributed by atoms with van der Waals surface area (Å²) >= 11 is 0. The zero-order valence-electron chi connectivity index (χ0n) is 14.2. The SMILES string of the molecule is CC(C)(C)NC(=O)c1ccc(NS(=O)(=O)c2ccc(C#N)cc2)cc1. The van der Waals surface area contributed by atoms with Gasteiger partial charge in [0.05, 0.1) is 16.5 Å². The number of benzene rings is 2. The summed E-state index contributed by atoms with van der Waals surface area (Å²) in [4.78, 5) is 12.1. The zero-order chi connectivity index (χ0) is 18.7. The van der Waals surface area contributed by atoms with Gasteiger partial charge in [-0.1, -0.05) is 0 Å². The first-order valence-corrected chi connectivity index (χ1v) is 9.05. The van der Waals surface area contributed by atoms with Gasteiger partial charge in [-0.15, -0.1) is 0 Å². The Kier molecular flexibility index (Phi) is 5.14. The molecule has 7 heteroatoms. The minimum Gasteiger partial charge on any atom is -0.347 e. The first kappa shape index (κ1) is 18.5. The number of carbonyl (C=O) groups is 1. The van der Waals surface area contributed by atoms with Crippen molar-refractivity contribution in [2.24, 2.45) is 0 Å². The monoisotopic (exact) mass is 357 g/mol. The molecule has 0 aromatic heterocycles. The normalized spacial score (nSPS) is 11.4. The van der Waals surface area contributed by atoms with Gasteiger partial charge in [0.2, 0.25) is 0 Å². The van der Waals surface area contributed by atoms with E-state index in [0.717, 1.165) is 0 Å². The molecule has 6 nitrogen and oxygen atoms in total. The number of nitriles is 1. The molecule has 0 radical (unpaired) electrons. The first-order valence-electron chi connectivity index (χ1n) is 7.56. The Bertz CT molecular complexity index is 904. The Hall–Kier alpha value is -2.85. The molecule has 0 fully saturated rings. The van der Waals surface area contributed by atoms with E-state index in [1.807, 2.05) is 26.8 Å². The molecular weight excluding hydrogens is 338 g/mol. The molecule has 1 amide bonds. The molecule has 0 aliphatic carbocycles. The third-order valence-corrected chi connectivity index (χ3v) is 4.58. The fourth-order valence-corrected chi connectivity index (χ4v) is 3.08. The molecule has 0 heterocycles. The van der Waals surface area contributed by atoms with Gasteiger partial charge in [0, 0.05) is 16.8 Å². The van der Waals surface area contributed by atoms with Gasteiger partial charge in [-0.25, -0.2) is 8.42 Å². The van der Waals surface area contributed by atoms with Crippen LogP contribution in [0.4, 0.5) is 5.69 Å². The summed E-state index contributed by atoms with van der Waals surface area (Å²) in [5.41, 5.74) is 0.813. The Morgan fingerprint density at radius 2 is 1.56 bits per heavy atom. The van der Waals surface area contributed by atoms with Gasteiger partial charge in [0.15, 0.2) is 0 Å². The summed E-state index contributed by atoms with van der Waals surface area (Å²) in [5, 5.41) is 11.6. The Morgan fingerprint density at radius 1 is 1.00 bits per heavy atom. The van der Waals surface area contributed by atoms with Crippen LogP contribution in [0, 0.1) is 11.3 Å². The van der Waals surface area contributed by atoms with Gasteiger partial charge in [0.25, 0.3) is 15.9 Å². The average molecular weight is 357 g/mol. The van der Waals surface area contributed by atoms with E-state index < -0.39 is 10.0 Å². The predicted octanol–water partition coefficient (Wildman–Crippen LogP) is 2.89. The Balaban J connectivity index is 2.14. The molecule has 0 bridgehead atoms. The van der Waals surface area contributed by atoms with Crippen LogP contribution in [-0.4, -0.2) is 19.9 Å². The number of nitrogens with one attached hydrogen (secondary N) is 2. The van der Waals surface area contributed by atoms with Crippen molar-refractivity contribution in [3.63, 3.8) is 0 Å². The van der Waals surface area contributed by atoms with Crippen molar-refractivity contribution >= 4 is 21.6 Å². The summed E-state index contributed by atoms with van der Waals surface area (Å²) < 4.78 is 27.1. The third-order valence-electron chi connectivity index (χ3n) is 3.18. The molecule has 2 aromatic rings. The number of carbonyl (C=O) groups excluding carboxylic acids is 1. The summed E-state index contributed by atoms with van der Waals surface area (Å²) in [6, 6.07) is 13.7. The molecule has 0 aliphatic rings. The average Bonchev–Trinajstić information content (AvgIpc) is 2.53. The van der Waals surface area contributed by atoms with Crippen LogP contribution in [-0.2, 0) is 10.0 Å². The second-order valence-electron chi connectivity index (χ2n) is 6.52. The Morgan fingerprint density at radius 3 is 2.04 bits per heavy atom. The van der Waals surface area contributed by atoms with Crippen LogP contribution in [0.25, 0.3) is 0 Å². The van der Waals surface area contributed by atoms with E-state index in [0.29, 0.717) is 16.8 Å². The Labute approximate surface area is 147 Å². The lowest BCUT2D eigenvalue weighted by atomic mass is 10.1. The molecule has 0 spiro atoms. The van der Waals surface area contributed by atoms with E-state index in [2.05, 4.69) is 10.0 Å². The molecule has 0 saturated carbocycles. The molecule has 2 N–H and O–H groups in total. The van der Waals surface area contributed by atoms with Gasteiger partial charge in [0.1, 0.15) is 0 Å². The van der Waals surface area contributed by atoms with Gasteiger partial charge in [-0.2, -0.15) is 5.26 Å². The third kappa shape index (κ3) is 5.06. The van der Waals surface area contributed by atoms with Crippen LogP contribution in [0.15, 0.2) is 53.4 Å². The highest BCUT2D eigenvalue weighted by Crippen LogP contribution is 2.17. The molecule has 25 heavy (non-hydrogen) atoms. The first-order chi connectivity index (χ1) is 11.6. The summed E-state index contributed by atoms with van der Waals surface area (Å²) in [7, 11) is -3.76. The lowest BCUT2D eigenvalue weighted by Crippen LogP contribution is -2.40. The number of nitrogens with zero attached hydrogens (tertiary/aromatic N) is 1. The van der Waals surface area contributed by atoms with Crippen molar-refractivity contribution < 1.29 is 13.2 Å². The van der Waals surface area contributed by atoms with E-state index in [1.165, 1.54) is 36.4 Å². The van der Waals surface area contributed by atoms with Crippen LogP contribution >= 0.6 is 0 Å². The van der Waals surface area contributed by atoms with Crippen molar-refractivity contribution in [1.29, 1.82) is 5.26 Å². The van der Waals surface area contributed by atoms with Gasteiger partial charge >= 0.3 is 0 Å². The van der Waals surface area contributed by atoms with Crippen LogP contribution in [0.2, 0.25) is 0 Å². The number of sulfonamides is 1. The minimum atomic E-state index is -3.76. The van der Waals surface area contributed by atoms with Crippen molar-refractivity contribution in [2.75, 3.05) is 4.72 Å². The maximum absolute atomic E-state index is 12.3. The highest BCUT2D eigenvalue weighted by Gasteiger charge is 2.17. The van der Waals surface area contributed by atoms with Gasteiger partial charge in [-0.05, 0) is 69.3 Å². The van der Waals surface area contributed by atoms with E-state index in [9.17, 15) is 13.2 Å². The number of rotatable bonds is 4. The highest BCUT2D eigenvalue weighted by atomic mass is 32.2. The molecule has 2 rings (SSSR count). The van der Waals surface area contributed by atoms with Crippen molar-refractivity contribution in [2.45, 2.75) is 31.2 Å². The number of hydrogen-bond acceptors (Lipinski definition) is 4. The fraction of sp³-hybridized carbons (Fsp3) is 0.222. The second-order valence-corrected chi connectivity index (χ2v) is 8.21. The van der Waals surface area contributed by atoms with E-state index in [4.69, 9.17) is 5.26 Å². The largest absolute Gasteiger partial charge is 0.347 e. The summed E-state index contributed by atoms with van der Waals surface area (Å²) in [5.74, 6) is -0.228. The van der Waals surface area contributed by atoms with Gasteiger partial charge in [-0.3, -0.25) is 9.52 Å². The van der Waals surface area contributed by atoms with Crippen LogP contribution in [0.3, 0.4) is 0 Å². The van der Waals surface area contributed by atoms with Crippen molar-refractivity contribution in [3.05, 3.63) is 59.7 Å². The lowest BCUT2D eigenvalue weighted by Gasteiger charge is -2.20. The molecule has 2 aromatic carbocycles. The van der Waals surface area contributed by atoms with Crippen LogP contribution in [0.1, 0.15) is 36.7 Å². The highest BCUT2D eigenvalue weighted by molar-refractivity contribution is 7.92. The maximum Gasteiger partial charge on any atom is 0.261 e. The predicted molar refractivity (Wildman–Crippen MR) is 95.6 cm³/mol. The molecule has 0 aliphatic heterocycles. The standard InChI is InChI=1S/C18H19N3O3S/c1-18(2,3)20-17(22)14-6-8-15(9-7-14)21-25(23,24)16-10-4-13(12-19)5-11-16/h4-11,21H,1-3H3,(H,20,22). The smallest absolute Gasteiger partial charge is 0.261 e. The minimum absolute atomic E-state index is 0.0565. The maximum atomic E-state index is 12.3. The molecule has 130 valence electrons. The van der Waals surface area contributed by atoms with E-state index >= 15 is 0 Å². The van der Waals surface area contributed by atoms with E-state index in [1.54, 1.807) is 12.1 Å². The van der Waals surface area contributed by atoms with Crippen molar-refractivity contribution in [3.8, 4) is 6.07 Å². The number of amides is 1. The molecule has 0 saturated heterocycles. The summed E-state index contributed by atoms with van der Waals surface area (Å²) in [6.45, 7) is 5.64. The van der Waals surface area contributed by atoms with Crippen LogP contribution < -0.4 is 10.0 Å². The number of hydrogen-bond donors (Lipinski definition) is 2. The lowest BCUT2D eigenvalue weighted by molar-refractivity contribution is 0.0919. The van der Waals surface area contributed by atoms with Gasteiger partial charge < -0.3 is 5.32 Å². The fourth-order valence-electron chi connectivity index (χ4n) is 2.03. The second kappa shape index (κ2) is 6.95. The molecule has 0 atom stereocenters. The quantitative estimate of drug-likeness (QED) is 0.879. The molecular formula is C18H19N3O3S. The zero-order valence-corrected chi connectivity index (χ0v) is 15.0. The van der Waals surface area contributed by atoms with E-state index in [-0.39, 0.29) is 16.3 Å². The van der Waals surface area contributed by atoms with Crippen molar-refractivity contribution in [1.82, 2.24) is 5.32 Å². The molecule has 0 unspecified atom stereocenters.